The Labute approximate surface area is 114 Å². The number of hydrogen-bond acceptors (Lipinski definition) is 4. The van der Waals surface area contributed by atoms with E-state index in [9.17, 15) is 10.1 Å². The van der Waals surface area contributed by atoms with Crippen LogP contribution < -0.4 is 4.90 Å². The topological polar surface area (TPSA) is 49.6 Å². The van der Waals surface area contributed by atoms with Gasteiger partial charge >= 0.3 is 0 Å². The molecular weight excluding hydrogens is 242 g/mol. The number of likely N-dealkylation sites (N-methyl/N-ethyl adjacent to an activating group) is 1. The third-order valence-electron chi connectivity index (χ3n) is 4.09. The Hall–Kier alpha value is -1.62. The van der Waals surface area contributed by atoms with Gasteiger partial charge in [0.1, 0.15) is 0 Å². The first kappa shape index (κ1) is 13.8. The van der Waals surface area contributed by atoms with E-state index in [2.05, 4.69) is 30.7 Å². The molecule has 0 N–H and O–H groups in total. The number of piperazine rings is 1. The lowest BCUT2D eigenvalue weighted by atomic mass is 10.1. The van der Waals surface area contributed by atoms with Crippen molar-refractivity contribution < 1.29 is 4.92 Å². The molecule has 1 fully saturated rings. The van der Waals surface area contributed by atoms with E-state index < -0.39 is 0 Å². The minimum Gasteiger partial charge on any atom is -0.368 e. The van der Waals surface area contributed by atoms with E-state index in [1.54, 1.807) is 12.1 Å². The predicted octanol–water partition coefficient (Wildman–Crippen LogP) is 2.43. The Morgan fingerprint density at radius 3 is 2.32 bits per heavy atom. The second-order valence-electron chi connectivity index (χ2n) is 5.50. The van der Waals surface area contributed by atoms with Crippen molar-refractivity contribution >= 4 is 11.4 Å². The molecule has 2 rings (SSSR count). The minimum atomic E-state index is -0.341. The number of hydrogen-bond donors (Lipinski definition) is 0. The van der Waals surface area contributed by atoms with Gasteiger partial charge < -0.3 is 4.90 Å². The van der Waals surface area contributed by atoms with Gasteiger partial charge in [-0.3, -0.25) is 15.0 Å². The lowest BCUT2D eigenvalue weighted by molar-refractivity contribution is -0.384. The zero-order chi connectivity index (χ0) is 14.2. The van der Waals surface area contributed by atoms with Crippen molar-refractivity contribution in [2.75, 3.05) is 25.0 Å². The van der Waals surface area contributed by atoms with Gasteiger partial charge in [-0.05, 0) is 39.4 Å². The summed E-state index contributed by atoms with van der Waals surface area (Å²) in [5.41, 5.74) is 2.24. The van der Waals surface area contributed by atoms with Crippen LogP contribution in [-0.4, -0.2) is 42.0 Å². The molecule has 0 aromatic heterocycles. The van der Waals surface area contributed by atoms with Gasteiger partial charge in [0.2, 0.25) is 0 Å². The van der Waals surface area contributed by atoms with Crippen LogP contribution in [0.4, 0.5) is 11.4 Å². The summed E-state index contributed by atoms with van der Waals surface area (Å²) in [5, 5.41) is 10.8. The highest BCUT2D eigenvalue weighted by Gasteiger charge is 2.27. The number of non-ortho nitro benzene ring substituents is 1. The summed E-state index contributed by atoms with van der Waals surface area (Å²) in [6.07, 6.45) is 0. The third kappa shape index (κ3) is 2.71. The number of nitro groups is 1. The number of aryl methyl sites for hydroxylation is 1. The lowest BCUT2D eigenvalue weighted by Gasteiger charge is -2.44. The molecule has 19 heavy (non-hydrogen) atoms. The van der Waals surface area contributed by atoms with Crippen molar-refractivity contribution in [1.82, 2.24) is 4.90 Å². The monoisotopic (exact) mass is 263 g/mol. The van der Waals surface area contributed by atoms with Crippen LogP contribution in [0.1, 0.15) is 19.4 Å². The average Bonchev–Trinajstić information content (AvgIpc) is 2.35. The number of nitro benzene ring substituents is 1. The Bertz CT molecular complexity index is 478. The number of benzene rings is 1. The number of anilines is 1. The predicted molar refractivity (Wildman–Crippen MR) is 76.7 cm³/mol. The maximum Gasteiger partial charge on any atom is 0.269 e. The van der Waals surface area contributed by atoms with Gasteiger partial charge in [0.15, 0.2) is 0 Å². The van der Waals surface area contributed by atoms with Crippen molar-refractivity contribution in [3.8, 4) is 0 Å². The molecule has 5 nitrogen and oxygen atoms in total. The molecule has 1 aromatic carbocycles. The van der Waals surface area contributed by atoms with E-state index >= 15 is 0 Å². The van der Waals surface area contributed by atoms with Gasteiger partial charge in [-0.25, -0.2) is 0 Å². The molecule has 1 saturated heterocycles. The van der Waals surface area contributed by atoms with Crippen molar-refractivity contribution in [3.05, 3.63) is 33.9 Å². The second-order valence-corrected chi connectivity index (χ2v) is 5.50. The maximum absolute atomic E-state index is 10.8. The molecule has 0 bridgehead atoms. The first-order valence-electron chi connectivity index (χ1n) is 6.62. The van der Waals surface area contributed by atoms with Gasteiger partial charge in [0, 0.05) is 43.0 Å². The summed E-state index contributed by atoms with van der Waals surface area (Å²) < 4.78 is 0. The van der Waals surface area contributed by atoms with Crippen molar-refractivity contribution in [3.63, 3.8) is 0 Å². The molecule has 1 aliphatic heterocycles. The van der Waals surface area contributed by atoms with Crippen LogP contribution in [0.25, 0.3) is 0 Å². The van der Waals surface area contributed by atoms with E-state index in [0.717, 1.165) is 24.3 Å². The van der Waals surface area contributed by atoms with Crippen LogP contribution in [0, 0.1) is 17.0 Å². The Balaban J connectivity index is 2.25. The molecule has 0 unspecified atom stereocenters. The summed E-state index contributed by atoms with van der Waals surface area (Å²) in [7, 11) is 2.15. The lowest BCUT2D eigenvalue weighted by Crippen LogP contribution is -2.55. The number of nitrogens with zero attached hydrogens (tertiary/aromatic N) is 3. The average molecular weight is 263 g/mol. The quantitative estimate of drug-likeness (QED) is 0.607. The molecular formula is C14H21N3O2. The first-order chi connectivity index (χ1) is 8.90. The Morgan fingerprint density at radius 1 is 1.26 bits per heavy atom. The molecule has 1 aliphatic rings. The molecule has 2 atom stereocenters. The van der Waals surface area contributed by atoms with Crippen LogP contribution in [0.5, 0.6) is 0 Å². The van der Waals surface area contributed by atoms with E-state index in [1.165, 1.54) is 0 Å². The molecule has 0 spiro atoms. The maximum atomic E-state index is 10.8. The molecule has 5 heteroatoms. The van der Waals surface area contributed by atoms with Crippen LogP contribution in [-0.2, 0) is 0 Å². The minimum absolute atomic E-state index is 0.163. The van der Waals surface area contributed by atoms with Crippen LogP contribution in [0.3, 0.4) is 0 Å². The molecule has 0 radical (unpaired) electrons. The van der Waals surface area contributed by atoms with Gasteiger partial charge in [0.25, 0.3) is 5.69 Å². The molecule has 104 valence electrons. The van der Waals surface area contributed by atoms with Crippen LogP contribution >= 0.6 is 0 Å². The summed E-state index contributed by atoms with van der Waals surface area (Å²) in [6, 6.07) is 6.09. The van der Waals surface area contributed by atoms with Crippen molar-refractivity contribution in [2.45, 2.75) is 32.9 Å². The number of rotatable bonds is 2. The molecule has 0 amide bonds. The van der Waals surface area contributed by atoms with E-state index in [-0.39, 0.29) is 10.6 Å². The van der Waals surface area contributed by atoms with Crippen LogP contribution in [0.15, 0.2) is 18.2 Å². The molecule has 1 heterocycles. The Kier molecular flexibility index (Phi) is 3.75. The van der Waals surface area contributed by atoms with Gasteiger partial charge in [-0.15, -0.1) is 0 Å². The zero-order valence-electron chi connectivity index (χ0n) is 12.0. The van der Waals surface area contributed by atoms with E-state index in [4.69, 9.17) is 0 Å². The molecule has 0 saturated carbocycles. The Morgan fingerprint density at radius 2 is 1.84 bits per heavy atom. The highest BCUT2D eigenvalue weighted by atomic mass is 16.6. The van der Waals surface area contributed by atoms with Crippen molar-refractivity contribution in [2.24, 2.45) is 0 Å². The summed E-state index contributed by atoms with van der Waals surface area (Å²) in [6.45, 7) is 8.28. The molecule has 0 aliphatic carbocycles. The van der Waals surface area contributed by atoms with Gasteiger partial charge in [-0.1, -0.05) is 0 Å². The fourth-order valence-corrected chi connectivity index (χ4v) is 2.71. The second kappa shape index (κ2) is 5.17. The smallest absolute Gasteiger partial charge is 0.269 e. The summed E-state index contributed by atoms with van der Waals surface area (Å²) >= 11 is 0. The zero-order valence-corrected chi connectivity index (χ0v) is 12.0. The van der Waals surface area contributed by atoms with E-state index in [1.807, 2.05) is 13.0 Å². The summed E-state index contributed by atoms with van der Waals surface area (Å²) in [4.78, 5) is 15.1. The van der Waals surface area contributed by atoms with Gasteiger partial charge in [0.05, 0.1) is 4.92 Å². The standard InChI is InChI=1S/C14H21N3O2/c1-10-7-13(17(18)19)5-6-14(10)16-8-11(2)15(4)12(3)9-16/h5-7,11-12H,8-9H2,1-4H3/t11-,12+. The fraction of sp³-hybridized carbons (Fsp3) is 0.571. The third-order valence-corrected chi connectivity index (χ3v) is 4.09. The highest BCUT2D eigenvalue weighted by molar-refractivity contribution is 5.57. The molecule has 1 aromatic rings. The largest absolute Gasteiger partial charge is 0.368 e. The van der Waals surface area contributed by atoms with Crippen molar-refractivity contribution in [1.29, 1.82) is 0 Å². The first-order valence-corrected chi connectivity index (χ1v) is 6.62. The normalized spacial score (nSPS) is 24.5. The SMILES string of the molecule is Cc1cc([N+](=O)[O-])ccc1N1C[C@@H](C)N(C)[C@@H](C)C1. The summed E-state index contributed by atoms with van der Waals surface area (Å²) in [5.74, 6) is 0. The van der Waals surface area contributed by atoms with Crippen LogP contribution in [0.2, 0.25) is 0 Å². The fourth-order valence-electron chi connectivity index (χ4n) is 2.71. The van der Waals surface area contributed by atoms with E-state index in [0.29, 0.717) is 12.1 Å². The van der Waals surface area contributed by atoms with Gasteiger partial charge in [-0.2, -0.15) is 0 Å². The highest BCUT2D eigenvalue weighted by Crippen LogP contribution is 2.27.